The number of methoxy groups -OCH3 is 1. The molecule has 0 spiro atoms. The van der Waals surface area contributed by atoms with E-state index in [9.17, 15) is 14.0 Å². The Kier molecular flexibility index (Phi) is 12.5. The number of nitrogens with zero attached hydrogens (tertiary/aromatic N) is 5. The monoisotopic (exact) mass is 811 g/mol. The van der Waals surface area contributed by atoms with Crippen LogP contribution in [0.1, 0.15) is 94.5 Å². The largest absolute Gasteiger partial charge is 0.496 e. The highest BCUT2D eigenvalue weighted by molar-refractivity contribution is 7.12. The molecule has 1 unspecified atom stereocenters. The van der Waals surface area contributed by atoms with Gasteiger partial charge in [0.1, 0.15) is 28.6 Å². The van der Waals surface area contributed by atoms with E-state index in [0.717, 1.165) is 40.2 Å². The number of benzene rings is 1. The summed E-state index contributed by atoms with van der Waals surface area (Å²) >= 11 is 1.39. The molecule has 2 bridgehead atoms. The van der Waals surface area contributed by atoms with E-state index in [0.29, 0.717) is 23.5 Å². The minimum Gasteiger partial charge on any atom is -0.496 e. The molecule has 57 heavy (non-hydrogen) atoms. The van der Waals surface area contributed by atoms with Crippen LogP contribution >= 0.6 is 11.3 Å². The second kappa shape index (κ2) is 17.0. The molecule has 14 nitrogen and oxygen atoms in total. The lowest BCUT2D eigenvalue weighted by Crippen LogP contribution is -2.66. The number of aromatic nitrogens is 2. The number of carbonyl (C=O) groups excluding carboxylic acids is 3. The Morgan fingerprint density at radius 3 is 2.40 bits per heavy atom. The first-order valence-electron chi connectivity index (χ1n) is 19.4. The predicted octanol–water partition coefficient (Wildman–Crippen LogP) is 7.32. The fourth-order valence-electron chi connectivity index (χ4n) is 7.10. The zero-order valence-electron chi connectivity index (χ0n) is 34.3. The number of aryl methyl sites for hydroxylation is 1. The van der Waals surface area contributed by atoms with Crippen LogP contribution in [0.3, 0.4) is 0 Å². The zero-order chi connectivity index (χ0) is 41.2. The van der Waals surface area contributed by atoms with Gasteiger partial charge in [-0.3, -0.25) is 9.69 Å². The summed E-state index contributed by atoms with van der Waals surface area (Å²) in [6, 6.07) is 4.46. The van der Waals surface area contributed by atoms with Gasteiger partial charge in [-0.25, -0.2) is 14.6 Å². The molecule has 2 aromatic heterocycles. The van der Waals surface area contributed by atoms with Gasteiger partial charge in [0.2, 0.25) is 5.82 Å². The first-order valence-corrected chi connectivity index (χ1v) is 20.2. The number of hydrogen-bond acceptors (Lipinski definition) is 12. The number of thiazole rings is 1. The van der Waals surface area contributed by atoms with Crippen LogP contribution in [0, 0.1) is 12.7 Å². The molecule has 3 aromatic rings. The van der Waals surface area contributed by atoms with Crippen molar-refractivity contribution in [3.8, 4) is 11.6 Å². The maximum absolute atomic E-state index is 15.3. The highest BCUT2D eigenvalue weighted by atomic mass is 32.1. The molecule has 16 heteroatoms. The molecular weight excluding hydrogens is 758 g/mol. The van der Waals surface area contributed by atoms with E-state index < -0.39 is 41.3 Å². The Morgan fingerprint density at radius 1 is 1.04 bits per heavy atom. The lowest BCUT2D eigenvalue weighted by molar-refractivity contribution is -0.129. The summed E-state index contributed by atoms with van der Waals surface area (Å²) in [6.45, 7) is 15.5. The van der Waals surface area contributed by atoms with E-state index in [2.05, 4.69) is 10.1 Å². The summed E-state index contributed by atoms with van der Waals surface area (Å²) in [4.78, 5) is 53.6. The molecule has 4 heterocycles. The minimum atomic E-state index is -0.834. The van der Waals surface area contributed by atoms with Gasteiger partial charge in [0.25, 0.3) is 11.8 Å². The molecule has 1 saturated carbocycles. The van der Waals surface area contributed by atoms with Crippen LogP contribution in [0.5, 0.6) is 11.6 Å². The molecule has 3 aliphatic rings. The number of amides is 3. The predicted molar refractivity (Wildman–Crippen MR) is 209 cm³/mol. The van der Waals surface area contributed by atoms with E-state index in [1.807, 2.05) is 30.0 Å². The van der Waals surface area contributed by atoms with Gasteiger partial charge >= 0.3 is 12.2 Å². The molecule has 1 saturated heterocycles. The van der Waals surface area contributed by atoms with Crippen LogP contribution < -0.4 is 9.47 Å². The van der Waals surface area contributed by atoms with Crippen LogP contribution in [0.25, 0.3) is 5.57 Å². The van der Waals surface area contributed by atoms with Gasteiger partial charge < -0.3 is 38.0 Å². The summed E-state index contributed by atoms with van der Waals surface area (Å²) in [5.74, 6) is -0.174. The van der Waals surface area contributed by atoms with Gasteiger partial charge in [-0.1, -0.05) is 19.1 Å². The molecule has 3 amide bonds. The number of rotatable bonds is 13. The number of hydrogen-bond donors (Lipinski definition) is 0. The lowest BCUT2D eigenvalue weighted by atomic mass is 9.83. The summed E-state index contributed by atoms with van der Waals surface area (Å²) < 4.78 is 47.8. The molecule has 2 fully saturated rings. The Bertz CT molecular complexity index is 1980. The highest BCUT2D eigenvalue weighted by Gasteiger charge is 2.51. The first-order chi connectivity index (χ1) is 27.0. The fourth-order valence-corrected chi connectivity index (χ4v) is 8.03. The number of ether oxygens (including phenoxy) is 5. The summed E-state index contributed by atoms with van der Waals surface area (Å²) in [7, 11) is 1.63. The third-order valence-corrected chi connectivity index (χ3v) is 10.9. The van der Waals surface area contributed by atoms with Gasteiger partial charge in [-0.05, 0) is 95.7 Å². The smallest absolute Gasteiger partial charge is 0.411 e. The van der Waals surface area contributed by atoms with E-state index in [4.69, 9.17) is 28.2 Å². The number of halogens is 1. The topological polar surface area (TPSA) is 146 Å². The van der Waals surface area contributed by atoms with Crippen LogP contribution in [0.4, 0.5) is 14.0 Å². The van der Waals surface area contributed by atoms with Crippen molar-refractivity contribution in [2.24, 2.45) is 0 Å². The number of piperazine rings is 1. The maximum atomic E-state index is 15.3. The van der Waals surface area contributed by atoms with E-state index in [-0.39, 0.29) is 62.9 Å². The third-order valence-electron chi connectivity index (χ3n) is 9.88. The van der Waals surface area contributed by atoms with Crippen molar-refractivity contribution in [3.63, 3.8) is 0 Å². The van der Waals surface area contributed by atoms with Crippen molar-refractivity contribution in [3.05, 3.63) is 62.6 Å². The molecule has 1 aliphatic carbocycles. The Hall–Kier alpha value is -4.70. The molecule has 6 rings (SSSR count). The van der Waals surface area contributed by atoms with E-state index in [1.54, 1.807) is 71.6 Å². The summed E-state index contributed by atoms with van der Waals surface area (Å²) in [5.41, 5.74) is 1.54. The average molecular weight is 812 g/mol. The van der Waals surface area contributed by atoms with Crippen LogP contribution in [0.15, 0.2) is 34.5 Å². The minimum absolute atomic E-state index is 0.00188. The van der Waals surface area contributed by atoms with Crippen LogP contribution in [0.2, 0.25) is 0 Å². The van der Waals surface area contributed by atoms with Crippen molar-refractivity contribution in [1.29, 1.82) is 0 Å². The Labute approximate surface area is 337 Å². The van der Waals surface area contributed by atoms with Crippen molar-refractivity contribution in [2.75, 3.05) is 33.4 Å². The molecule has 2 atom stereocenters. The van der Waals surface area contributed by atoms with Crippen molar-refractivity contribution >= 4 is 35.0 Å². The van der Waals surface area contributed by atoms with E-state index >= 15 is 4.79 Å². The second-order valence-electron chi connectivity index (χ2n) is 16.5. The SMILES string of the molecule is CCc1onc(OCCOCc2ncc(C3=C(C(=O)N(Cc4cccc(OC)c4C)C4CC4)[C@H]4CN(C(=O)OC(C)(C)C)CC(C3)N4C(=O)OC(C)(C)C)s2)c1F. The molecular formula is C41H54FN5O9S. The molecule has 0 N–H and O–H groups in total. The van der Waals surface area contributed by atoms with E-state index in [1.165, 1.54) is 11.3 Å². The maximum Gasteiger partial charge on any atom is 0.411 e. The van der Waals surface area contributed by atoms with Crippen molar-refractivity contribution in [1.82, 2.24) is 24.8 Å². The highest BCUT2D eigenvalue weighted by Crippen LogP contribution is 2.43. The lowest BCUT2D eigenvalue weighted by Gasteiger charge is -2.51. The van der Waals surface area contributed by atoms with Gasteiger partial charge in [-0.15, -0.1) is 11.3 Å². The molecule has 2 aliphatic heterocycles. The standard InChI is InChI=1S/C41H54FN5O9S/c1-10-30-35(42)36(44-56-30)53-17-16-52-23-33-43-19-32(57-33)28-18-27-21-45(38(49)54-40(3,4)5)22-29(47(27)39(50)55-41(6,7)8)34(28)37(48)46(26-14-15-26)20-25-12-11-13-31(51-9)24(25)2/h11-13,19,26-27,29H,10,14-18,20-23H2,1-9H3/t27?,29-/m1/s1. The van der Waals surface area contributed by atoms with Crippen molar-refractivity contribution < 1.29 is 47.0 Å². The van der Waals surface area contributed by atoms with Gasteiger partial charge in [0, 0.05) is 43.9 Å². The third kappa shape index (κ3) is 9.89. The second-order valence-corrected chi connectivity index (χ2v) is 17.7. The van der Waals surface area contributed by atoms with Crippen LogP contribution in [-0.2, 0) is 38.6 Å². The van der Waals surface area contributed by atoms with Gasteiger partial charge in [-0.2, -0.15) is 4.39 Å². The zero-order valence-corrected chi connectivity index (χ0v) is 35.1. The molecule has 1 aromatic carbocycles. The summed E-state index contributed by atoms with van der Waals surface area (Å²) in [5, 5.41) is 4.29. The van der Waals surface area contributed by atoms with Gasteiger partial charge in [0.15, 0.2) is 5.76 Å². The Balaban J connectivity index is 1.34. The van der Waals surface area contributed by atoms with Crippen molar-refractivity contribution in [2.45, 2.75) is 124 Å². The number of fused-ring (bicyclic) bond motifs is 2. The van der Waals surface area contributed by atoms with Gasteiger partial charge in [0.05, 0.1) is 37.3 Å². The normalized spacial score (nSPS) is 18.4. The first kappa shape index (κ1) is 41.9. The fraction of sp³-hybridized carbons (Fsp3) is 0.585. The number of carbonyl (C=O) groups is 3. The Morgan fingerprint density at radius 2 is 1.75 bits per heavy atom. The quantitative estimate of drug-likeness (QED) is 0.160. The summed E-state index contributed by atoms with van der Waals surface area (Å²) in [6.07, 6.45) is 2.99. The molecule has 310 valence electrons. The van der Waals surface area contributed by atoms with Crippen LogP contribution in [-0.4, -0.2) is 106 Å². The molecule has 0 radical (unpaired) electrons. The average Bonchev–Trinajstić information content (AvgIpc) is 3.76.